The fraction of sp³-hybridized carbons (Fsp3) is 0.0909. The highest BCUT2D eigenvalue weighted by Crippen LogP contribution is 2.26. The molecule has 88 valence electrons. The quantitative estimate of drug-likeness (QED) is 0.926. The van der Waals surface area contributed by atoms with Gasteiger partial charge in [-0.1, -0.05) is 11.6 Å². The van der Waals surface area contributed by atoms with Crippen LogP contribution < -0.4 is 5.32 Å². The molecule has 1 N–H and O–H groups in total. The van der Waals surface area contributed by atoms with Gasteiger partial charge in [0.1, 0.15) is 0 Å². The zero-order chi connectivity index (χ0) is 12.4. The lowest BCUT2D eigenvalue weighted by Crippen LogP contribution is -2.13. The molecule has 0 aliphatic carbocycles. The molecule has 0 radical (unpaired) electrons. The van der Waals surface area contributed by atoms with Gasteiger partial charge in [0.05, 0.1) is 5.69 Å². The van der Waals surface area contributed by atoms with E-state index in [-0.39, 0.29) is 5.91 Å². The molecule has 0 saturated heterocycles. The first kappa shape index (κ1) is 12.1. The molecule has 1 heterocycles. The molecule has 0 aliphatic heterocycles. The van der Waals surface area contributed by atoms with E-state index in [0.717, 1.165) is 4.47 Å². The Morgan fingerprint density at radius 3 is 2.82 bits per heavy atom. The molecule has 0 spiro atoms. The molecule has 4 nitrogen and oxygen atoms in total. The Hall–Kier alpha value is -1.33. The second kappa shape index (κ2) is 4.89. The van der Waals surface area contributed by atoms with Crippen molar-refractivity contribution in [1.82, 2.24) is 9.78 Å². The van der Waals surface area contributed by atoms with E-state index >= 15 is 0 Å². The van der Waals surface area contributed by atoms with E-state index < -0.39 is 0 Å². The van der Waals surface area contributed by atoms with Crippen LogP contribution in [0.25, 0.3) is 0 Å². The number of carbonyl (C=O) groups is 1. The number of nitrogens with one attached hydrogen (secondary N) is 1. The molecule has 2 rings (SSSR count). The fourth-order valence-corrected chi connectivity index (χ4v) is 2.10. The summed E-state index contributed by atoms with van der Waals surface area (Å²) in [5, 5.41) is 7.37. The average Bonchev–Trinajstić information content (AvgIpc) is 2.69. The first-order chi connectivity index (χ1) is 8.06. The van der Waals surface area contributed by atoms with Crippen LogP contribution in [0.1, 0.15) is 10.5 Å². The van der Waals surface area contributed by atoms with E-state index in [2.05, 4.69) is 26.3 Å². The highest BCUT2D eigenvalue weighted by atomic mass is 79.9. The third-order valence-corrected chi connectivity index (χ3v) is 3.02. The van der Waals surface area contributed by atoms with Gasteiger partial charge >= 0.3 is 0 Å². The largest absolute Gasteiger partial charge is 0.320 e. The lowest BCUT2D eigenvalue weighted by atomic mass is 10.3. The van der Waals surface area contributed by atoms with Crippen LogP contribution in [0.3, 0.4) is 0 Å². The fourth-order valence-electron chi connectivity index (χ4n) is 1.31. The van der Waals surface area contributed by atoms with Crippen molar-refractivity contribution in [2.45, 2.75) is 0 Å². The Kier molecular flexibility index (Phi) is 3.49. The predicted molar refractivity (Wildman–Crippen MR) is 70.3 cm³/mol. The summed E-state index contributed by atoms with van der Waals surface area (Å²) in [4.78, 5) is 11.8. The van der Waals surface area contributed by atoms with Gasteiger partial charge in [0.2, 0.25) is 0 Å². The van der Waals surface area contributed by atoms with Crippen LogP contribution in [0.15, 0.2) is 34.9 Å². The van der Waals surface area contributed by atoms with Crippen LogP contribution in [0.2, 0.25) is 5.02 Å². The first-order valence-corrected chi connectivity index (χ1v) is 5.99. The molecule has 0 saturated carbocycles. The maximum atomic E-state index is 11.8. The van der Waals surface area contributed by atoms with E-state index in [0.29, 0.717) is 16.4 Å². The van der Waals surface area contributed by atoms with Gasteiger partial charge in [-0.05, 0) is 40.2 Å². The van der Waals surface area contributed by atoms with Gasteiger partial charge < -0.3 is 5.32 Å². The second-order valence-corrected chi connectivity index (χ2v) is 4.74. The maximum absolute atomic E-state index is 11.8. The molecular formula is C11H9BrClN3O. The normalized spacial score (nSPS) is 10.3. The monoisotopic (exact) mass is 313 g/mol. The first-order valence-electron chi connectivity index (χ1n) is 4.82. The molecule has 0 aliphatic rings. The summed E-state index contributed by atoms with van der Waals surface area (Å²) in [6.45, 7) is 0. The minimum absolute atomic E-state index is 0.256. The minimum Gasteiger partial charge on any atom is -0.320 e. The Bertz CT molecular complexity index is 568. The van der Waals surface area contributed by atoms with Crippen molar-refractivity contribution in [3.8, 4) is 0 Å². The zero-order valence-corrected chi connectivity index (χ0v) is 11.3. The molecule has 2 aromatic rings. The van der Waals surface area contributed by atoms with E-state index in [1.165, 1.54) is 0 Å². The van der Waals surface area contributed by atoms with Crippen molar-refractivity contribution in [3.05, 3.63) is 45.7 Å². The molecule has 0 atom stereocenters. The number of halogens is 2. The summed E-state index contributed by atoms with van der Waals surface area (Å²) in [5.74, 6) is -0.256. The number of aromatic nitrogens is 2. The van der Waals surface area contributed by atoms with Crippen LogP contribution in [-0.2, 0) is 7.05 Å². The molecule has 0 bridgehead atoms. The summed E-state index contributed by atoms with van der Waals surface area (Å²) >= 11 is 9.14. The number of carbonyl (C=O) groups excluding carboxylic acids is 1. The van der Waals surface area contributed by atoms with Crippen molar-refractivity contribution >= 4 is 39.1 Å². The van der Waals surface area contributed by atoms with E-state index in [1.807, 2.05) is 0 Å². The highest BCUT2D eigenvalue weighted by Gasteiger charge is 2.10. The number of anilines is 1. The zero-order valence-electron chi connectivity index (χ0n) is 8.95. The molecule has 1 aromatic carbocycles. The number of benzene rings is 1. The molecule has 0 fully saturated rings. The Labute approximate surface area is 112 Å². The summed E-state index contributed by atoms with van der Waals surface area (Å²) in [5.41, 5.74) is 1.03. The second-order valence-electron chi connectivity index (χ2n) is 3.45. The van der Waals surface area contributed by atoms with Gasteiger partial charge in [-0.3, -0.25) is 9.48 Å². The Morgan fingerprint density at radius 1 is 1.47 bits per heavy atom. The van der Waals surface area contributed by atoms with Crippen molar-refractivity contribution in [2.24, 2.45) is 7.05 Å². The molecular weight excluding hydrogens is 305 g/mol. The van der Waals surface area contributed by atoms with E-state index in [9.17, 15) is 4.79 Å². The lowest BCUT2D eigenvalue weighted by Gasteiger charge is -2.05. The van der Waals surface area contributed by atoms with E-state index in [4.69, 9.17) is 11.6 Å². The molecule has 0 unspecified atom stereocenters. The highest BCUT2D eigenvalue weighted by molar-refractivity contribution is 9.10. The van der Waals surface area contributed by atoms with Gasteiger partial charge in [-0.15, -0.1) is 0 Å². The van der Waals surface area contributed by atoms with Gasteiger partial charge in [0, 0.05) is 22.7 Å². The van der Waals surface area contributed by atoms with Crippen LogP contribution >= 0.6 is 27.5 Å². The van der Waals surface area contributed by atoms with Crippen molar-refractivity contribution in [2.75, 3.05) is 5.32 Å². The average molecular weight is 315 g/mol. The predicted octanol–water partition coefficient (Wildman–Crippen LogP) is 3.09. The SMILES string of the molecule is Cn1ccc(C(=O)Nc2ccc(Cl)cc2Br)n1. The minimum atomic E-state index is -0.256. The Balaban J connectivity index is 2.18. The third kappa shape index (κ3) is 2.87. The van der Waals surface area contributed by atoms with Gasteiger partial charge in [-0.25, -0.2) is 0 Å². The van der Waals surface area contributed by atoms with Crippen molar-refractivity contribution < 1.29 is 4.79 Å². The summed E-state index contributed by atoms with van der Waals surface area (Å²) in [7, 11) is 1.76. The number of aryl methyl sites for hydroxylation is 1. The van der Waals surface area contributed by atoms with E-state index in [1.54, 1.807) is 42.2 Å². The van der Waals surface area contributed by atoms with Crippen LogP contribution in [-0.4, -0.2) is 15.7 Å². The smallest absolute Gasteiger partial charge is 0.276 e. The molecule has 17 heavy (non-hydrogen) atoms. The summed E-state index contributed by atoms with van der Waals surface area (Å²) in [6, 6.07) is 6.81. The number of rotatable bonds is 2. The number of amides is 1. The standard InChI is InChI=1S/C11H9BrClN3O/c1-16-5-4-10(15-16)11(17)14-9-3-2-7(13)6-8(9)12/h2-6H,1H3,(H,14,17). The van der Waals surface area contributed by atoms with Gasteiger partial charge in [-0.2, -0.15) is 5.10 Å². The van der Waals surface area contributed by atoms with Crippen LogP contribution in [0.5, 0.6) is 0 Å². The van der Waals surface area contributed by atoms with Crippen molar-refractivity contribution in [3.63, 3.8) is 0 Å². The number of hydrogen-bond donors (Lipinski definition) is 1. The van der Waals surface area contributed by atoms with Crippen molar-refractivity contribution in [1.29, 1.82) is 0 Å². The molecule has 1 amide bonds. The van der Waals surface area contributed by atoms with Crippen LogP contribution in [0, 0.1) is 0 Å². The lowest BCUT2D eigenvalue weighted by molar-refractivity contribution is 0.102. The van der Waals surface area contributed by atoms with Gasteiger partial charge in [0.15, 0.2) is 5.69 Å². The molecule has 6 heteroatoms. The Morgan fingerprint density at radius 2 is 2.24 bits per heavy atom. The van der Waals surface area contributed by atoms with Crippen LogP contribution in [0.4, 0.5) is 5.69 Å². The third-order valence-electron chi connectivity index (χ3n) is 2.13. The number of hydrogen-bond acceptors (Lipinski definition) is 2. The molecule has 1 aromatic heterocycles. The van der Waals surface area contributed by atoms with Gasteiger partial charge in [0.25, 0.3) is 5.91 Å². The maximum Gasteiger partial charge on any atom is 0.276 e. The summed E-state index contributed by atoms with van der Waals surface area (Å²) < 4.78 is 2.31. The number of nitrogens with zero attached hydrogens (tertiary/aromatic N) is 2. The summed E-state index contributed by atoms with van der Waals surface area (Å²) in [6.07, 6.45) is 1.71. The topological polar surface area (TPSA) is 46.9 Å².